The molecule has 0 unspecified atom stereocenters. The number of hydrogen-bond donors (Lipinski definition) is 0. The van der Waals surface area contributed by atoms with E-state index in [9.17, 15) is 5.11 Å². The SMILES string of the molecule is [O]C#CCCCCBr. The largest absolute Gasteiger partial charge is 0.224 e. The van der Waals surface area contributed by atoms with Crippen LogP contribution in [0.15, 0.2) is 0 Å². The Balaban J connectivity index is 2.79. The number of halogens is 1. The molecule has 1 nitrogen and oxygen atoms in total. The maximum absolute atomic E-state index is 9.52. The normalized spacial score (nSPS) is 7.62. The second kappa shape index (κ2) is 6.84. The molecule has 0 N–H and O–H groups in total. The molecule has 0 aromatic rings. The smallest absolute Gasteiger partial charge is 0.172 e. The monoisotopic (exact) mass is 175 g/mol. The summed E-state index contributed by atoms with van der Waals surface area (Å²) < 4.78 is 0. The minimum atomic E-state index is 0.745. The Labute approximate surface area is 58.2 Å². The van der Waals surface area contributed by atoms with Gasteiger partial charge in [0, 0.05) is 11.8 Å². The second-order valence-corrected chi connectivity index (χ2v) is 2.22. The summed E-state index contributed by atoms with van der Waals surface area (Å²) in [5.74, 6) is 2.46. The number of alkyl halides is 1. The van der Waals surface area contributed by atoms with Crippen LogP contribution in [0.25, 0.3) is 0 Å². The summed E-state index contributed by atoms with van der Waals surface area (Å²) in [6, 6.07) is 0. The maximum atomic E-state index is 9.52. The van der Waals surface area contributed by atoms with Gasteiger partial charge in [-0.3, -0.25) is 0 Å². The lowest BCUT2D eigenvalue weighted by Crippen LogP contribution is -1.72. The van der Waals surface area contributed by atoms with Crippen molar-refractivity contribution in [2.24, 2.45) is 0 Å². The fourth-order valence-corrected chi connectivity index (χ4v) is 0.755. The topological polar surface area (TPSA) is 19.9 Å². The van der Waals surface area contributed by atoms with Crippen molar-refractivity contribution in [1.29, 1.82) is 0 Å². The molecule has 8 heavy (non-hydrogen) atoms. The van der Waals surface area contributed by atoms with E-state index >= 15 is 0 Å². The van der Waals surface area contributed by atoms with Crippen LogP contribution < -0.4 is 0 Å². The molecule has 0 rings (SSSR count). The van der Waals surface area contributed by atoms with Gasteiger partial charge in [0.1, 0.15) is 0 Å². The van der Waals surface area contributed by atoms with Gasteiger partial charge < -0.3 is 0 Å². The minimum Gasteiger partial charge on any atom is -0.224 e. The van der Waals surface area contributed by atoms with Crippen molar-refractivity contribution < 1.29 is 5.11 Å². The molecule has 0 saturated carbocycles. The summed E-state index contributed by atoms with van der Waals surface area (Å²) >= 11 is 3.28. The van der Waals surface area contributed by atoms with Gasteiger partial charge in [-0.15, -0.1) is 0 Å². The van der Waals surface area contributed by atoms with Gasteiger partial charge >= 0.3 is 0 Å². The van der Waals surface area contributed by atoms with E-state index in [1.54, 1.807) is 6.11 Å². The van der Waals surface area contributed by atoms with Crippen molar-refractivity contribution in [3.63, 3.8) is 0 Å². The highest BCUT2D eigenvalue weighted by molar-refractivity contribution is 9.09. The van der Waals surface area contributed by atoms with Gasteiger partial charge in [-0.25, -0.2) is 5.11 Å². The van der Waals surface area contributed by atoms with E-state index in [0.717, 1.165) is 24.6 Å². The molecule has 0 fully saturated rings. The van der Waals surface area contributed by atoms with Crippen LogP contribution in [-0.2, 0) is 5.11 Å². The van der Waals surface area contributed by atoms with E-state index < -0.39 is 0 Å². The van der Waals surface area contributed by atoms with Gasteiger partial charge in [0.2, 0.25) is 0 Å². The number of unbranched alkanes of at least 4 members (excludes halogenated alkanes) is 2. The molecule has 0 spiro atoms. The van der Waals surface area contributed by atoms with Crippen LogP contribution in [0.2, 0.25) is 0 Å². The summed E-state index contributed by atoms with van der Waals surface area (Å²) in [6.07, 6.45) is 4.49. The Hall–Kier alpha value is -0.160. The first kappa shape index (κ1) is 7.84. The molecular formula is C6H8BrO. The Morgan fingerprint density at radius 1 is 1.38 bits per heavy atom. The van der Waals surface area contributed by atoms with E-state index in [2.05, 4.69) is 21.9 Å². The van der Waals surface area contributed by atoms with Crippen molar-refractivity contribution >= 4 is 15.9 Å². The highest BCUT2D eigenvalue weighted by Crippen LogP contribution is 1.96. The van der Waals surface area contributed by atoms with E-state index in [4.69, 9.17) is 0 Å². The molecule has 0 aromatic heterocycles. The zero-order valence-corrected chi connectivity index (χ0v) is 6.20. The van der Waals surface area contributed by atoms with Crippen LogP contribution >= 0.6 is 15.9 Å². The molecule has 0 aliphatic heterocycles. The van der Waals surface area contributed by atoms with Gasteiger partial charge in [0.05, 0.1) is 0 Å². The molecule has 0 aromatic carbocycles. The fourth-order valence-electron chi connectivity index (χ4n) is 0.359. The van der Waals surface area contributed by atoms with Gasteiger partial charge in [-0.2, -0.15) is 0 Å². The summed E-state index contributed by atoms with van der Waals surface area (Å²) in [4.78, 5) is 0. The van der Waals surface area contributed by atoms with Crippen LogP contribution in [0, 0.1) is 12.0 Å². The van der Waals surface area contributed by atoms with Crippen molar-refractivity contribution in [3.05, 3.63) is 0 Å². The fraction of sp³-hybridized carbons (Fsp3) is 0.667. The minimum absolute atomic E-state index is 0.745. The summed E-state index contributed by atoms with van der Waals surface area (Å²) in [5, 5.41) is 10.5. The quantitative estimate of drug-likeness (QED) is 0.355. The number of hydrogen-bond acceptors (Lipinski definition) is 0. The van der Waals surface area contributed by atoms with E-state index in [1.807, 2.05) is 0 Å². The lowest BCUT2D eigenvalue weighted by atomic mass is 10.3. The highest BCUT2D eigenvalue weighted by Gasteiger charge is 1.80. The van der Waals surface area contributed by atoms with Gasteiger partial charge in [-0.1, -0.05) is 21.9 Å². The van der Waals surface area contributed by atoms with Crippen LogP contribution in [0.4, 0.5) is 0 Å². The van der Waals surface area contributed by atoms with Crippen LogP contribution in [0.5, 0.6) is 0 Å². The van der Waals surface area contributed by atoms with E-state index in [0.29, 0.717) is 0 Å². The molecule has 1 radical (unpaired) electrons. The molecule has 2 heteroatoms. The van der Waals surface area contributed by atoms with Gasteiger partial charge in [-0.05, 0) is 12.8 Å². The first-order chi connectivity index (χ1) is 3.91. The van der Waals surface area contributed by atoms with Crippen molar-refractivity contribution in [2.75, 3.05) is 5.33 Å². The van der Waals surface area contributed by atoms with Crippen LogP contribution in [0.1, 0.15) is 19.3 Å². The Morgan fingerprint density at radius 2 is 2.12 bits per heavy atom. The van der Waals surface area contributed by atoms with E-state index in [-0.39, 0.29) is 0 Å². The predicted octanol–water partition coefficient (Wildman–Crippen LogP) is 1.94. The van der Waals surface area contributed by atoms with Crippen molar-refractivity contribution in [2.45, 2.75) is 19.3 Å². The summed E-state index contributed by atoms with van der Waals surface area (Å²) in [7, 11) is 0. The molecular weight excluding hydrogens is 168 g/mol. The van der Waals surface area contributed by atoms with Crippen LogP contribution in [-0.4, -0.2) is 5.33 Å². The lowest BCUT2D eigenvalue weighted by molar-refractivity contribution is 0.391. The Bertz CT molecular complexity index is 90.4. The third-order valence-electron chi connectivity index (χ3n) is 0.758. The number of rotatable bonds is 3. The van der Waals surface area contributed by atoms with Crippen molar-refractivity contribution in [3.8, 4) is 12.0 Å². The molecule has 0 amide bonds. The van der Waals surface area contributed by atoms with Crippen LogP contribution in [0.3, 0.4) is 0 Å². The maximum Gasteiger partial charge on any atom is 0.172 e. The second-order valence-electron chi connectivity index (χ2n) is 1.42. The molecule has 0 atom stereocenters. The lowest BCUT2D eigenvalue weighted by Gasteiger charge is -1.84. The summed E-state index contributed by atoms with van der Waals surface area (Å²) in [5.41, 5.74) is 0. The zero-order chi connectivity index (χ0) is 6.24. The van der Waals surface area contributed by atoms with Gasteiger partial charge in [0.15, 0.2) is 6.11 Å². The molecule has 0 aliphatic carbocycles. The van der Waals surface area contributed by atoms with Gasteiger partial charge in [0.25, 0.3) is 0 Å². The molecule has 0 bridgehead atoms. The molecule has 0 heterocycles. The van der Waals surface area contributed by atoms with Crippen molar-refractivity contribution in [1.82, 2.24) is 0 Å². The first-order valence-electron chi connectivity index (χ1n) is 2.57. The average Bonchev–Trinajstić information content (AvgIpc) is 1.81. The Kier molecular flexibility index (Phi) is 6.70. The standard InChI is InChI=1S/C6H8BrO/c7-5-3-1-2-4-6-8/h1-3,5H2. The molecule has 0 aliphatic rings. The highest BCUT2D eigenvalue weighted by atomic mass is 79.9. The van der Waals surface area contributed by atoms with E-state index in [1.165, 1.54) is 0 Å². The molecule has 0 saturated heterocycles. The predicted molar refractivity (Wildman–Crippen MR) is 36.1 cm³/mol. The summed E-state index contributed by atoms with van der Waals surface area (Å²) in [6.45, 7) is 0. The first-order valence-corrected chi connectivity index (χ1v) is 3.70. The zero-order valence-electron chi connectivity index (χ0n) is 4.61. The average molecular weight is 176 g/mol. The third kappa shape index (κ3) is 5.84. The molecule has 45 valence electrons. The Morgan fingerprint density at radius 3 is 2.62 bits per heavy atom. The third-order valence-corrected chi connectivity index (χ3v) is 1.32.